The molecule has 3 aliphatic rings. The first-order chi connectivity index (χ1) is 13.7. The first-order valence-corrected chi connectivity index (χ1v) is 10.8. The van der Waals surface area contributed by atoms with Crippen LogP contribution in [0.1, 0.15) is 23.2 Å². The number of hydrogen-bond acceptors (Lipinski definition) is 5. The maximum Gasteiger partial charge on any atom is 0.255 e. The largest absolute Gasteiger partial charge is 0.378 e. The number of carbonyl (C=O) groups is 1. The molecule has 6 heteroatoms. The van der Waals surface area contributed by atoms with Gasteiger partial charge in [-0.15, -0.1) is 0 Å². The van der Waals surface area contributed by atoms with Gasteiger partial charge in [0, 0.05) is 64.6 Å². The summed E-state index contributed by atoms with van der Waals surface area (Å²) in [5.41, 5.74) is 1.91. The molecule has 0 atom stereocenters. The minimum absolute atomic E-state index is 0.195. The van der Waals surface area contributed by atoms with Crippen molar-refractivity contribution in [3.8, 4) is 0 Å². The molecule has 1 aromatic carbocycles. The summed E-state index contributed by atoms with van der Waals surface area (Å²) in [5.74, 6) is 0.919. The molecule has 0 aromatic heterocycles. The molecule has 4 rings (SSSR count). The van der Waals surface area contributed by atoms with Crippen molar-refractivity contribution in [2.45, 2.75) is 12.8 Å². The van der Waals surface area contributed by atoms with Crippen LogP contribution < -0.4 is 4.90 Å². The third-order valence-corrected chi connectivity index (χ3v) is 6.50. The number of piperidine rings is 1. The SMILES string of the molecule is CN1CCN(CC2CCN(C(=O)c3ccccc3N3CCOCC3)CC2)CC1. The molecular weight excluding hydrogens is 352 g/mol. The molecule has 3 heterocycles. The Kier molecular flexibility index (Phi) is 6.50. The van der Waals surface area contributed by atoms with Crippen LogP contribution in [0.5, 0.6) is 0 Å². The third-order valence-electron chi connectivity index (χ3n) is 6.50. The van der Waals surface area contributed by atoms with Crippen LogP contribution in [0.2, 0.25) is 0 Å². The number of morpholine rings is 1. The van der Waals surface area contributed by atoms with E-state index in [2.05, 4.69) is 32.7 Å². The number of hydrogen-bond donors (Lipinski definition) is 0. The number of amides is 1. The van der Waals surface area contributed by atoms with Gasteiger partial charge in [0.15, 0.2) is 0 Å². The fraction of sp³-hybridized carbons (Fsp3) is 0.682. The van der Waals surface area contributed by atoms with Crippen molar-refractivity contribution in [3.63, 3.8) is 0 Å². The molecule has 0 N–H and O–H groups in total. The zero-order chi connectivity index (χ0) is 19.3. The van der Waals surface area contributed by atoms with Crippen LogP contribution >= 0.6 is 0 Å². The van der Waals surface area contributed by atoms with Crippen molar-refractivity contribution in [2.24, 2.45) is 5.92 Å². The predicted octanol–water partition coefficient (Wildman–Crippen LogP) is 1.62. The van der Waals surface area contributed by atoms with Crippen LogP contribution in [0.25, 0.3) is 0 Å². The second-order valence-electron chi connectivity index (χ2n) is 8.46. The maximum atomic E-state index is 13.2. The highest BCUT2D eigenvalue weighted by atomic mass is 16.5. The Balaban J connectivity index is 1.33. The van der Waals surface area contributed by atoms with Gasteiger partial charge < -0.3 is 24.3 Å². The number of carbonyl (C=O) groups excluding carboxylic acids is 1. The fourth-order valence-electron chi connectivity index (χ4n) is 4.62. The third kappa shape index (κ3) is 4.67. The lowest BCUT2D eigenvalue weighted by molar-refractivity contribution is 0.0643. The van der Waals surface area contributed by atoms with E-state index in [1.54, 1.807) is 0 Å². The predicted molar refractivity (Wildman–Crippen MR) is 112 cm³/mol. The Hall–Kier alpha value is -1.63. The zero-order valence-corrected chi connectivity index (χ0v) is 17.2. The lowest BCUT2D eigenvalue weighted by atomic mass is 9.95. The van der Waals surface area contributed by atoms with E-state index in [1.165, 1.54) is 32.7 Å². The minimum atomic E-state index is 0.195. The zero-order valence-electron chi connectivity index (χ0n) is 17.2. The van der Waals surface area contributed by atoms with Crippen molar-refractivity contribution in [1.29, 1.82) is 0 Å². The molecule has 0 unspecified atom stereocenters. The summed E-state index contributed by atoms with van der Waals surface area (Å²) < 4.78 is 5.47. The number of ether oxygens (including phenoxy) is 1. The fourth-order valence-corrected chi connectivity index (χ4v) is 4.62. The first-order valence-electron chi connectivity index (χ1n) is 10.8. The van der Waals surface area contributed by atoms with Crippen LogP contribution in [0, 0.1) is 5.92 Å². The molecule has 0 spiro atoms. The maximum absolute atomic E-state index is 13.2. The normalized spacial score (nSPS) is 23.2. The molecule has 0 aliphatic carbocycles. The van der Waals surface area contributed by atoms with E-state index in [9.17, 15) is 4.79 Å². The number of piperazine rings is 1. The molecule has 0 radical (unpaired) electrons. The summed E-state index contributed by atoms with van der Waals surface area (Å²) in [5, 5.41) is 0. The Morgan fingerprint density at radius 1 is 0.964 bits per heavy atom. The Morgan fingerprint density at radius 2 is 1.64 bits per heavy atom. The van der Waals surface area contributed by atoms with E-state index >= 15 is 0 Å². The molecule has 0 bridgehead atoms. The Morgan fingerprint density at radius 3 is 2.36 bits per heavy atom. The number of benzene rings is 1. The molecular formula is C22H34N4O2. The second kappa shape index (κ2) is 9.25. The number of anilines is 1. The smallest absolute Gasteiger partial charge is 0.255 e. The van der Waals surface area contributed by atoms with Gasteiger partial charge in [-0.05, 0) is 37.9 Å². The molecule has 6 nitrogen and oxygen atoms in total. The van der Waals surface area contributed by atoms with Gasteiger partial charge in [0.2, 0.25) is 0 Å². The highest BCUT2D eigenvalue weighted by Gasteiger charge is 2.28. The van der Waals surface area contributed by atoms with Crippen molar-refractivity contribution in [2.75, 3.05) is 84.1 Å². The first kappa shape index (κ1) is 19.7. The lowest BCUT2D eigenvalue weighted by Crippen LogP contribution is -2.48. The van der Waals surface area contributed by atoms with Gasteiger partial charge >= 0.3 is 0 Å². The van der Waals surface area contributed by atoms with E-state index < -0.39 is 0 Å². The molecule has 3 saturated heterocycles. The topological polar surface area (TPSA) is 39.3 Å². The van der Waals surface area contributed by atoms with Gasteiger partial charge in [0.25, 0.3) is 5.91 Å². The molecule has 1 aromatic rings. The highest BCUT2D eigenvalue weighted by molar-refractivity contribution is 5.99. The summed E-state index contributed by atoms with van der Waals surface area (Å²) in [6.45, 7) is 10.9. The highest BCUT2D eigenvalue weighted by Crippen LogP contribution is 2.26. The Bertz CT molecular complexity index is 646. The van der Waals surface area contributed by atoms with Crippen molar-refractivity contribution in [1.82, 2.24) is 14.7 Å². The van der Waals surface area contributed by atoms with Crippen LogP contribution in [-0.4, -0.2) is 99.8 Å². The van der Waals surface area contributed by atoms with Gasteiger partial charge in [0.1, 0.15) is 0 Å². The van der Waals surface area contributed by atoms with Gasteiger partial charge in [-0.2, -0.15) is 0 Å². The second-order valence-corrected chi connectivity index (χ2v) is 8.46. The van der Waals surface area contributed by atoms with Crippen LogP contribution in [0.4, 0.5) is 5.69 Å². The number of nitrogens with zero attached hydrogens (tertiary/aromatic N) is 4. The van der Waals surface area contributed by atoms with Crippen LogP contribution in [0.3, 0.4) is 0 Å². The van der Waals surface area contributed by atoms with E-state index in [4.69, 9.17) is 4.74 Å². The summed E-state index contributed by atoms with van der Waals surface area (Å²) in [7, 11) is 2.20. The van der Waals surface area contributed by atoms with Crippen molar-refractivity contribution in [3.05, 3.63) is 29.8 Å². The van der Waals surface area contributed by atoms with E-state index in [0.29, 0.717) is 0 Å². The molecule has 28 heavy (non-hydrogen) atoms. The summed E-state index contributed by atoms with van der Waals surface area (Å²) in [4.78, 5) is 22.6. The number of rotatable bonds is 4. The molecule has 1 amide bonds. The van der Waals surface area contributed by atoms with Crippen LogP contribution in [-0.2, 0) is 4.74 Å². The van der Waals surface area contributed by atoms with Gasteiger partial charge in [0.05, 0.1) is 18.8 Å². The van der Waals surface area contributed by atoms with E-state index in [-0.39, 0.29) is 5.91 Å². The standard InChI is InChI=1S/C22H34N4O2/c1-23-10-12-24(13-11-23)18-19-6-8-26(9-7-19)22(27)20-4-2-3-5-21(20)25-14-16-28-17-15-25/h2-5,19H,6-18H2,1H3. The monoisotopic (exact) mass is 386 g/mol. The Labute approximate surface area is 169 Å². The van der Waals surface area contributed by atoms with Crippen molar-refractivity contribution < 1.29 is 9.53 Å². The molecule has 0 saturated carbocycles. The number of para-hydroxylation sites is 1. The lowest BCUT2D eigenvalue weighted by Gasteiger charge is -2.38. The average molecular weight is 387 g/mol. The van der Waals surface area contributed by atoms with Gasteiger partial charge in [-0.25, -0.2) is 0 Å². The quantitative estimate of drug-likeness (QED) is 0.786. The number of likely N-dealkylation sites (tertiary alicyclic amines) is 1. The van der Waals surface area contributed by atoms with Gasteiger partial charge in [-0.3, -0.25) is 4.79 Å². The average Bonchev–Trinajstić information content (AvgIpc) is 2.76. The summed E-state index contributed by atoms with van der Waals surface area (Å²) >= 11 is 0. The number of likely N-dealkylation sites (N-methyl/N-ethyl adjacent to an activating group) is 1. The summed E-state index contributed by atoms with van der Waals surface area (Å²) in [6, 6.07) is 8.09. The minimum Gasteiger partial charge on any atom is -0.378 e. The van der Waals surface area contributed by atoms with Crippen LogP contribution in [0.15, 0.2) is 24.3 Å². The summed E-state index contributed by atoms with van der Waals surface area (Å²) in [6.07, 6.45) is 2.25. The van der Waals surface area contributed by atoms with Gasteiger partial charge in [-0.1, -0.05) is 12.1 Å². The van der Waals surface area contributed by atoms with E-state index in [1.807, 2.05) is 18.2 Å². The van der Waals surface area contributed by atoms with Crippen molar-refractivity contribution >= 4 is 11.6 Å². The molecule has 154 valence electrons. The van der Waals surface area contributed by atoms with E-state index in [0.717, 1.165) is 69.4 Å². The molecule has 3 aliphatic heterocycles. The molecule has 3 fully saturated rings.